The smallest absolute Gasteiger partial charge is 0.462 e. The molecule has 0 saturated carbocycles. The zero-order chi connectivity index (χ0) is 37.1. The first-order valence-corrected chi connectivity index (χ1v) is 20.8. The normalized spacial score (nSPS) is 13.5. The van der Waals surface area contributed by atoms with E-state index >= 15 is 0 Å². The van der Waals surface area contributed by atoms with Crippen LogP contribution in [0.25, 0.3) is 0 Å². The van der Waals surface area contributed by atoms with E-state index in [-0.39, 0.29) is 25.2 Å². The fourth-order valence-electron chi connectivity index (χ4n) is 5.06. The van der Waals surface area contributed by atoms with Crippen molar-refractivity contribution in [1.29, 1.82) is 0 Å². The molecule has 0 rings (SSSR count). The van der Waals surface area contributed by atoms with Crippen LogP contribution in [0.3, 0.4) is 0 Å². The van der Waals surface area contributed by atoms with Crippen molar-refractivity contribution in [2.45, 2.75) is 168 Å². The number of unbranched alkanes of at least 4 members (excludes halogenated alkanes) is 12. The standard InChI is InChI=1S/C40H69O9P/c1-4-6-24-30-37(41)31-26-21-17-13-8-7-9-15-19-23-28-33-40(43)49-38(35-48-50(44,45)46)34-47-39(42)32-27-22-18-14-11-10-12-16-20-25-29-36(3)5-2/h7-8,15,17,19,21,26,31,36,38H,4-6,9-14,16,18,20,22-25,27-30,32-35H2,1-3H3,(H2,44,45,46)/b8-7-,19-15-,21-17-,31-26+/t36?,38-/m1/s1. The molecular formula is C40H69O9P. The molecule has 0 bridgehead atoms. The van der Waals surface area contributed by atoms with Gasteiger partial charge >= 0.3 is 19.8 Å². The summed E-state index contributed by atoms with van der Waals surface area (Å²) in [5, 5.41) is 0. The Kier molecular flexibility index (Phi) is 32.2. The molecule has 0 saturated heterocycles. The fourth-order valence-corrected chi connectivity index (χ4v) is 5.42. The van der Waals surface area contributed by atoms with Crippen LogP contribution in [0.4, 0.5) is 0 Å². The van der Waals surface area contributed by atoms with Gasteiger partial charge in [-0.3, -0.25) is 18.9 Å². The summed E-state index contributed by atoms with van der Waals surface area (Å²) in [6.07, 6.45) is 35.3. The number of rotatable bonds is 34. The summed E-state index contributed by atoms with van der Waals surface area (Å²) in [5.74, 6) is 0.0197. The van der Waals surface area contributed by atoms with Gasteiger partial charge < -0.3 is 19.3 Å². The van der Waals surface area contributed by atoms with Crippen LogP contribution in [0, 0.1) is 5.92 Å². The van der Waals surface area contributed by atoms with Crippen LogP contribution >= 0.6 is 7.82 Å². The van der Waals surface area contributed by atoms with Crippen molar-refractivity contribution in [3.8, 4) is 0 Å². The Labute approximate surface area is 303 Å². The van der Waals surface area contributed by atoms with Crippen LogP contribution < -0.4 is 0 Å². The number of hydrogen-bond acceptors (Lipinski definition) is 7. The van der Waals surface area contributed by atoms with Gasteiger partial charge in [-0.2, -0.15) is 0 Å². The summed E-state index contributed by atoms with van der Waals surface area (Å²) in [5.41, 5.74) is 0. The van der Waals surface area contributed by atoms with Crippen LogP contribution in [-0.4, -0.2) is 46.8 Å². The highest BCUT2D eigenvalue weighted by molar-refractivity contribution is 7.46. The Morgan fingerprint density at radius 3 is 1.88 bits per heavy atom. The summed E-state index contributed by atoms with van der Waals surface area (Å²) in [7, 11) is -4.78. The Hall–Kier alpha value is -2.32. The first kappa shape index (κ1) is 47.7. The molecule has 9 nitrogen and oxygen atoms in total. The van der Waals surface area contributed by atoms with Crippen LogP contribution in [0.1, 0.15) is 162 Å². The third-order valence-electron chi connectivity index (χ3n) is 8.37. The van der Waals surface area contributed by atoms with Gasteiger partial charge in [0.15, 0.2) is 11.9 Å². The number of allylic oxidation sites excluding steroid dienone is 8. The molecule has 2 atom stereocenters. The average molecular weight is 725 g/mol. The summed E-state index contributed by atoms with van der Waals surface area (Å²) in [6.45, 7) is 5.80. The lowest BCUT2D eigenvalue weighted by Crippen LogP contribution is -2.29. The first-order valence-electron chi connectivity index (χ1n) is 19.3. The SMILES string of the molecule is CCCCCC(=O)/C=C/C=C\C/C=C\C/C=C\CCCC(=O)O[C@H](COC(=O)CCCCCCCCCCCCC(C)CC)COP(=O)(O)O. The van der Waals surface area contributed by atoms with Gasteiger partial charge in [-0.25, -0.2) is 4.57 Å². The number of carbonyl (C=O) groups is 3. The minimum atomic E-state index is -4.78. The van der Waals surface area contributed by atoms with E-state index in [4.69, 9.17) is 19.3 Å². The number of phosphoric acid groups is 1. The molecule has 0 aromatic carbocycles. The predicted molar refractivity (Wildman–Crippen MR) is 202 cm³/mol. The van der Waals surface area contributed by atoms with Crippen molar-refractivity contribution in [1.82, 2.24) is 0 Å². The van der Waals surface area contributed by atoms with Crippen LogP contribution in [0.5, 0.6) is 0 Å². The van der Waals surface area contributed by atoms with Gasteiger partial charge in [-0.05, 0) is 50.5 Å². The summed E-state index contributed by atoms with van der Waals surface area (Å²) >= 11 is 0. The lowest BCUT2D eigenvalue weighted by Gasteiger charge is -2.18. The molecule has 0 aromatic heterocycles. The lowest BCUT2D eigenvalue weighted by atomic mass is 9.99. The van der Waals surface area contributed by atoms with E-state index in [1.54, 1.807) is 12.2 Å². The summed E-state index contributed by atoms with van der Waals surface area (Å²) in [4.78, 5) is 54.4. The molecule has 1 unspecified atom stereocenters. The molecule has 0 aliphatic carbocycles. The third kappa shape index (κ3) is 35.5. The topological polar surface area (TPSA) is 136 Å². The average Bonchev–Trinajstić information content (AvgIpc) is 3.08. The van der Waals surface area contributed by atoms with Gasteiger partial charge in [0.25, 0.3) is 0 Å². The van der Waals surface area contributed by atoms with Crippen molar-refractivity contribution in [3.63, 3.8) is 0 Å². The largest absolute Gasteiger partial charge is 0.469 e. The molecule has 10 heteroatoms. The number of phosphoric ester groups is 1. The Balaban J connectivity index is 4.13. The quantitative estimate of drug-likeness (QED) is 0.0166. The maximum absolute atomic E-state index is 12.3. The molecular weight excluding hydrogens is 655 g/mol. The second kappa shape index (κ2) is 33.8. The van der Waals surface area contributed by atoms with Crippen LogP contribution in [0.2, 0.25) is 0 Å². The second-order valence-electron chi connectivity index (χ2n) is 13.2. The fraction of sp³-hybridized carbons (Fsp3) is 0.725. The van der Waals surface area contributed by atoms with Gasteiger partial charge in [-0.15, -0.1) is 0 Å². The number of ketones is 1. The minimum absolute atomic E-state index is 0.109. The second-order valence-corrected chi connectivity index (χ2v) is 14.4. The van der Waals surface area contributed by atoms with E-state index in [1.807, 2.05) is 36.5 Å². The Bertz CT molecular complexity index is 1030. The monoisotopic (exact) mass is 724 g/mol. The van der Waals surface area contributed by atoms with Crippen molar-refractivity contribution in [3.05, 3.63) is 48.6 Å². The molecule has 0 radical (unpaired) electrons. The molecule has 0 aromatic rings. The molecule has 50 heavy (non-hydrogen) atoms. The van der Waals surface area contributed by atoms with Gasteiger partial charge in [0.1, 0.15) is 6.61 Å². The van der Waals surface area contributed by atoms with E-state index < -0.39 is 32.5 Å². The maximum Gasteiger partial charge on any atom is 0.469 e. The zero-order valence-corrected chi connectivity index (χ0v) is 32.3. The summed E-state index contributed by atoms with van der Waals surface area (Å²) < 4.78 is 26.2. The van der Waals surface area contributed by atoms with E-state index in [0.717, 1.165) is 57.3 Å². The highest BCUT2D eigenvalue weighted by Crippen LogP contribution is 2.36. The van der Waals surface area contributed by atoms with Gasteiger partial charge in [0.05, 0.1) is 6.61 Å². The van der Waals surface area contributed by atoms with Gasteiger partial charge in [0.2, 0.25) is 0 Å². The Morgan fingerprint density at radius 1 is 0.660 bits per heavy atom. The van der Waals surface area contributed by atoms with E-state index in [2.05, 4.69) is 25.3 Å². The molecule has 0 amide bonds. The molecule has 0 aliphatic heterocycles. The highest BCUT2D eigenvalue weighted by Gasteiger charge is 2.22. The predicted octanol–water partition coefficient (Wildman–Crippen LogP) is 10.6. The molecule has 2 N–H and O–H groups in total. The summed E-state index contributed by atoms with van der Waals surface area (Å²) in [6, 6.07) is 0. The molecule has 0 fully saturated rings. The van der Waals surface area contributed by atoms with E-state index in [1.165, 1.54) is 51.4 Å². The lowest BCUT2D eigenvalue weighted by molar-refractivity contribution is -0.161. The molecule has 0 spiro atoms. The van der Waals surface area contributed by atoms with Crippen molar-refractivity contribution < 1.29 is 42.7 Å². The van der Waals surface area contributed by atoms with Gasteiger partial charge in [0, 0.05) is 19.3 Å². The molecule has 0 heterocycles. The van der Waals surface area contributed by atoms with Gasteiger partial charge in [-0.1, -0.05) is 147 Å². The minimum Gasteiger partial charge on any atom is -0.462 e. The Morgan fingerprint density at radius 2 is 1.24 bits per heavy atom. The van der Waals surface area contributed by atoms with E-state index in [0.29, 0.717) is 25.7 Å². The highest BCUT2D eigenvalue weighted by atomic mass is 31.2. The first-order chi connectivity index (χ1) is 24.1. The number of carbonyl (C=O) groups excluding carboxylic acids is 3. The molecule has 0 aliphatic rings. The molecule has 288 valence electrons. The van der Waals surface area contributed by atoms with Crippen molar-refractivity contribution in [2.24, 2.45) is 5.92 Å². The number of esters is 2. The zero-order valence-electron chi connectivity index (χ0n) is 31.4. The number of hydrogen-bond donors (Lipinski definition) is 2. The van der Waals surface area contributed by atoms with Crippen LogP contribution in [-0.2, 0) is 32.9 Å². The third-order valence-corrected chi connectivity index (χ3v) is 8.85. The van der Waals surface area contributed by atoms with Crippen molar-refractivity contribution >= 4 is 25.5 Å². The van der Waals surface area contributed by atoms with E-state index in [9.17, 15) is 18.9 Å². The number of ether oxygens (including phenoxy) is 2. The van der Waals surface area contributed by atoms with Crippen molar-refractivity contribution in [2.75, 3.05) is 13.2 Å². The van der Waals surface area contributed by atoms with Crippen LogP contribution in [0.15, 0.2) is 48.6 Å². The maximum atomic E-state index is 12.3.